The fraction of sp³-hybridized carbons (Fsp3) is 0.889. The summed E-state index contributed by atoms with van der Waals surface area (Å²) in [6.45, 7) is 5.06. The number of likely N-dealkylation sites (tertiary alicyclic amines) is 1. The lowest BCUT2D eigenvalue weighted by Gasteiger charge is -2.37. The molecule has 0 saturated carbocycles. The molecule has 3 unspecified atom stereocenters. The number of ketones is 1. The van der Waals surface area contributed by atoms with Crippen LogP contribution in [0.3, 0.4) is 0 Å². The molecule has 1 heterocycles. The first-order valence-corrected chi connectivity index (χ1v) is 4.47. The van der Waals surface area contributed by atoms with Gasteiger partial charge in [0.1, 0.15) is 5.78 Å². The highest BCUT2D eigenvalue weighted by molar-refractivity contribution is 5.79. The SMILES string of the molecule is CC(=O)C1C[NH+](C)CCC1(C)O. The van der Waals surface area contributed by atoms with Gasteiger partial charge in [-0.25, -0.2) is 0 Å². The van der Waals surface area contributed by atoms with E-state index < -0.39 is 5.60 Å². The molecule has 1 saturated heterocycles. The number of Topliss-reactive ketones (excluding diaryl/α,β-unsaturated/α-hetero) is 1. The molecular formula is C9H18NO2+. The van der Waals surface area contributed by atoms with Gasteiger partial charge in [-0.1, -0.05) is 0 Å². The number of quaternary nitrogens is 1. The van der Waals surface area contributed by atoms with Gasteiger partial charge in [0.25, 0.3) is 0 Å². The van der Waals surface area contributed by atoms with Crippen molar-refractivity contribution in [2.45, 2.75) is 25.9 Å². The standard InChI is InChI=1S/C9H17NO2/c1-7(11)8-6-10(3)5-4-9(8,2)12/h8,12H,4-6H2,1-3H3/p+1. The van der Waals surface area contributed by atoms with E-state index in [4.69, 9.17) is 0 Å². The van der Waals surface area contributed by atoms with E-state index in [1.807, 2.05) is 0 Å². The minimum atomic E-state index is -0.772. The lowest BCUT2D eigenvalue weighted by Crippen LogP contribution is -3.12. The Morgan fingerprint density at radius 1 is 1.67 bits per heavy atom. The highest BCUT2D eigenvalue weighted by atomic mass is 16.3. The van der Waals surface area contributed by atoms with Gasteiger partial charge in [0.15, 0.2) is 0 Å². The van der Waals surface area contributed by atoms with E-state index in [0.717, 1.165) is 19.5 Å². The summed E-state index contributed by atoms with van der Waals surface area (Å²) in [5, 5.41) is 9.89. The van der Waals surface area contributed by atoms with E-state index in [9.17, 15) is 9.90 Å². The number of hydrogen-bond donors (Lipinski definition) is 2. The van der Waals surface area contributed by atoms with Crippen molar-refractivity contribution in [1.82, 2.24) is 0 Å². The number of hydrogen-bond acceptors (Lipinski definition) is 2. The van der Waals surface area contributed by atoms with E-state index in [1.165, 1.54) is 4.90 Å². The van der Waals surface area contributed by atoms with Crippen molar-refractivity contribution in [3.63, 3.8) is 0 Å². The maximum Gasteiger partial charge on any atom is 0.141 e. The molecule has 3 heteroatoms. The number of carbonyl (C=O) groups excluding carboxylic acids is 1. The van der Waals surface area contributed by atoms with Gasteiger partial charge in [-0.05, 0) is 13.8 Å². The summed E-state index contributed by atoms with van der Waals surface area (Å²) in [6.07, 6.45) is 0.725. The second kappa shape index (κ2) is 3.15. The summed E-state index contributed by atoms with van der Waals surface area (Å²) >= 11 is 0. The molecule has 0 aromatic heterocycles. The second-order valence-corrected chi connectivity index (χ2v) is 4.18. The molecule has 2 N–H and O–H groups in total. The van der Waals surface area contributed by atoms with Crippen LogP contribution in [0.15, 0.2) is 0 Å². The van der Waals surface area contributed by atoms with Crippen LogP contribution in [0.1, 0.15) is 20.3 Å². The van der Waals surface area contributed by atoms with Gasteiger partial charge in [-0.15, -0.1) is 0 Å². The van der Waals surface area contributed by atoms with Crippen molar-refractivity contribution in [1.29, 1.82) is 0 Å². The van der Waals surface area contributed by atoms with Crippen LogP contribution in [0.5, 0.6) is 0 Å². The molecule has 0 amide bonds. The maximum atomic E-state index is 11.2. The number of piperidine rings is 1. The van der Waals surface area contributed by atoms with E-state index in [2.05, 4.69) is 7.05 Å². The molecule has 3 nitrogen and oxygen atoms in total. The van der Waals surface area contributed by atoms with Crippen LogP contribution in [0, 0.1) is 5.92 Å². The zero-order valence-corrected chi connectivity index (χ0v) is 8.05. The molecular weight excluding hydrogens is 154 g/mol. The molecule has 12 heavy (non-hydrogen) atoms. The molecule has 70 valence electrons. The Hall–Kier alpha value is -0.410. The van der Waals surface area contributed by atoms with Gasteiger partial charge in [-0.3, -0.25) is 4.79 Å². The van der Waals surface area contributed by atoms with Crippen molar-refractivity contribution in [3.8, 4) is 0 Å². The van der Waals surface area contributed by atoms with Gasteiger partial charge in [0, 0.05) is 6.42 Å². The summed E-state index contributed by atoms with van der Waals surface area (Å²) in [4.78, 5) is 12.5. The van der Waals surface area contributed by atoms with E-state index in [1.54, 1.807) is 13.8 Å². The summed E-state index contributed by atoms with van der Waals surface area (Å²) in [6, 6.07) is 0. The molecule has 0 aromatic rings. The molecule has 3 atom stereocenters. The molecule has 0 aromatic carbocycles. The Bertz CT molecular complexity index is 189. The largest absolute Gasteiger partial charge is 0.389 e. The first kappa shape index (κ1) is 9.68. The van der Waals surface area contributed by atoms with Gasteiger partial charge in [-0.2, -0.15) is 0 Å². The predicted molar refractivity (Wildman–Crippen MR) is 46.0 cm³/mol. The third-order valence-electron chi connectivity index (χ3n) is 2.85. The molecule has 1 aliphatic rings. The smallest absolute Gasteiger partial charge is 0.141 e. The van der Waals surface area contributed by atoms with Gasteiger partial charge >= 0.3 is 0 Å². The van der Waals surface area contributed by atoms with Crippen molar-refractivity contribution in [3.05, 3.63) is 0 Å². The van der Waals surface area contributed by atoms with Gasteiger partial charge < -0.3 is 10.0 Å². The van der Waals surface area contributed by atoms with Gasteiger partial charge in [0.2, 0.25) is 0 Å². The van der Waals surface area contributed by atoms with Crippen LogP contribution in [-0.2, 0) is 4.79 Å². The van der Waals surface area contributed by atoms with E-state index >= 15 is 0 Å². The van der Waals surface area contributed by atoms with Crippen LogP contribution >= 0.6 is 0 Å². The Morgan fingerprint density at radius 2 is 2.25 bits per heavy atom. The number of rotatable bonds is 1. The van der Waals surface area contributed by atoms with Crippen molar-refractivity contribution in [2.75, 3.05) is 20.1 Å². The summed E-state index contributed by atoms with van der Waals surface area (Å²) in [7, 11) is 2.06. The highest BCUT2D eigenvalue weighted by Crippen LogP contribution is 2.22. The number of aliphatic hydroxyl groups is 1. The fourth-order valence-electron chi connectivity index (χ4n) is 1.89. The van der Waals surface area contributed by atoms with E-state index in [-0.39, 0.29) is 11.7 Å². The van der Waals surface area contributed by atoms with E-state index in [0.29, 0.717) is 0 Å². The first-order valence-electron chi connectivity index (χ1n) is 4.47. The van der Waals surface area contributed by atoms with Crippen LogP contribution in [0.25, 0.3) is 0 Å². The summed E-state index contributed by atoms with van der Waals surface area (Å²) < 4.78 is 0. The molecule has 0 bridgehead atoms. The molecule has 1 rings (SSSR count). The Balaban J connectivity index is 2.72. The van der Waals surface area contributed by atoms with Crippen molar-refractivity contribution >= 4 is 5.78 Å². The number of nitrogens with one attached hydrogen (secondary N) is 1. The predicted octanol–water partition coefficient (Wildman–Crippen LogP) is -1.14. The Morgan fingerprint density at radius 3 is 2.67 bits per heavy atom. The molecule has 0 spiro atoms. The zero-order valence-electron chi connectivity index (χ0n) is 8.05. The molecule has 1 aliphatic heterocycles. The minimum absolute atomic E-state index is 0.110. The van der Waals surface area contributed by atoms with Crippen molar-refractivity contribution in [2.24, 2.45) is 5.92 Å². The maximum absolute atomic E-state index is 11.2. The average molecular weight is 172 g/mol. The lowest BCUT2D eigenvalue weighted by atomic mass is 9.80. The Kier molecular flexibility index (Phi) is 2.54. The second-order valence-electron chi connectivity index (χ2n) is 4.18. The average Bonchev–Trinajstić information content (AvgIpc) is 1.94. The summed E-state index contributed by atoms with van der Waals surface area (Å²) in [5.74, 6) is -0.0645. The third kappa shape index (κ3) is 1.84. The topological polar surface area (TPSA) is 41.7 Å². The highest BCUT2D eigenvalue weighted by Gasteiger charge is 2.41. The van der Waals surface area contributed by atoms with Crippen LogP contribution < -0.4 is 4.90 Å². The van der Waals surface area contributed by atoms with Crippen LogP contribution in [0.2, 0.25) is 0 Å². The normalized spacial score (nSPS) is 42.7. The summed E-state index contributed by atoms with van der Waals surface area (Å²) in [5.41, 5.74) is -0.772. The lowest BCUT2D eigenvalue weighted by molar-refractivity contribution is -0.890. The molecule has 0 radical (unpaired) electrons. The Labute approximate surface area is 73.4 Å². The quantitative estimate of drug-likeness (QED) is 0.525. The van der Waals surface area contributed by atoms with Crippen LogP contribution in [-0.4, -0.2) is 36.6 Å². The van der Waals surface area contributed by atoms with Gasteiger partial charge in [0.05, 0.1) is 31.7 Å². The minimum Gasteiger partial charge on any atom is -0.389 e. The fourth-order valence-corrected chi connectivity index (χ4v) is 1.89. The molecule has 1 fully saturated rings. The van der Waals surface area contributed by atoms with Crippen molar-refractivity contribution < 1.29 is 14.8 Å². The van der Waals surface area contributed by atoms with Crippen LogP contribution in [0.4, 0.5) is 0 Å². The zero-order chi connectivity index (χ0) is 9.35. The monoisotopic (exact) mass is 172 g/mol. The first-order chi connectivity index (χ1) is 5.43. The third-order valence-corrected chi connectivity index (χ3v) is 2.85. The molecule has 0 aliphatic carbocycles. The number of carbonyl (C=O) groups is 1.